The predicted molar refractivity (Wildman–Crippen MR) is 143 cm³/mol. The van der Waals surface area contributed by atoms with Crippen LogP contribution in [0.3, 0.4) is 0 Å². The van der Waals surface area contributed by atoms with Crippen molar-refractivity contribution >= 4 is 34.8 Å². The average Bonchev–Trinajstić information content (AvgIpc) is 3.68. The van der Waals surface area contributed by atoms with E-state index in [-0.39, 0.29) is 17.2 Å². The number of aromatic nitrogens is 1. The number of anilines is 2. The zero-order valence-electron chi connectivity index (χ0n) is 20.5. The largest absolute Gasteiger partial charge is 0.373 e. The molecule has 10 heteroatoms. The molecule has 8 nitrogen and oxygen atoms in total. The summed E-state index contributed by atoms with van der Waals surface area (Å²) in [4.78, 5) is 40.4. The normalized spacial score (nSPS) is 21.4. The lowest BCUT2D eigenvalue weighted by Crippen LogP contribution is -2.38. The summed E-state index contributed by atoms with van der Waals surface area (Å²) < 4.78 is 16.2. The Kier molecular flexibility index (Phi) is 7.49. The molecule has 1 saturated heterocycles. The lowest BCUT2D eigenvalue weighted by molar-refractivity contribution is -0.135. The first-order chi connectivity index (χ1) is 18.3. The summed E-state index contributed by atoms with van der Waals surface area (Å²) >= 11 is 5.94. The van der Waals surface area contributed by atoms with E-state index in [0.717, 1.165) is 25.3 Å². The number of benzene rings is 2. The standard InChI is InChI=1S/C28H28ClFN4O4/c29-17-7-9-18(10-8-17)31-26(36)23-24(25(23)28(38)33-13-3-1-4-14-33)27(37)32-21-12-11-19(16-20(21)30)34-15-5-2-6-22(34)35/h2,5-12,15-16,23-26,31,36H,1,3-4,13-14H2,(H,32,37)/t23-,24+,25+,26?/m1/s1. The number of carbonyl (C=O) groups excluding carboxylic acids is 2. The molecule has 1 aliphatic heterocycles. The number of carbonyl (C=O) groups is 2. The Morgan fingerprint density at radius 3 is 2.42 bits per heavy atom. The molecule has 0 spiro atoms. The van der Waals surface area contributed by atoms with Gasteiger partial charge in [0.1, 0.15) is 12.0 Å². The molecule has 3 N–H and O–H groups in total. The fraction of sp³-hybridized carbons (Fsp3) is 0.321. The van der Waals surface area contributed by atoms with Crippen molar-refractivity contribution in [1.29, 1.82) is 0 Å². The third-order valence-corrected chi connectivity index (χ3v) is 7.42. The number of likely N-dealkylation sites (tertiary alicyclic amines) is 1. The molecule has 38 heavy (non-hydrogen) atoms. The maximum absolute atomic E-state index is 15.0. The van der Waals surface area contributed by atoms with Crippen molar-refractivity contribution < 1.29 is 19.1 Å². The van der Waals surface area contributed by atoms with E-state index in [4.69, 9.17) is 11.6 Å². The molecule has 0 radical (unpaired) electrons. The van der Waals surface area contributed by atoms with Crippen LogP contribution in [0.2, 0.25) is 5.02 Å². The monoisotopic (exact) mass is 538 g/mol. The van der Waals surface area contributed by atoms with Gasteiger partial charge in [-0.1, -0.05) is 17.7 Å². The highest BCUT2D eigenvalue weighted by Gasteiger charge is 2.63. The summed E-state index contributed by atoms with van der Waals surface area (Å²) in [7, 11) is 0. The van der Waals surface area contributed by atoms with Gasteiger partial charge in [-0.3, -0.25) is 19.0 Å². The Hall–Kier alpha value is -3.69. The molecule has 1 aromatic heterocycles. The highest BCUT2D eigenvalue weighted by Crippen LogP contribution is 2.50. The molecular weight excluding hydrogens is 511 g/mol. The van der Waals surface area contributed by atoms with Crippen LogP contribution in [-0.2, 0) is 9.59 Å². The van der Waals surface area contributed by atoms with Gasteiger partial charge in [0.15, 0.2) is 0 Å². The molecule has 5 rings (SSSR count). The maximum Gasteiger partial charge on any atom is 0.255 e. The number of rotatable bonds is 7. The molecule has 2 amide bonds. The Bertz CT molecular complexity index is 1390. The van der Waals surface area contributed by atoms with Gasteiger partial charge in [0.05, 0.1) is 23.2 Å². The number of halogens is 2. The zero-order chi connectivity index (χ0) is 26.8. The molecule has 0 bridgehead atoms. The number of piperidine rings is 1. The number of aliphatic hydroxyl groups is 1. The molecule has 1 unspecified atom stereocenters. The van der Waals surface area contributed by atoms with Crippen LogP contribution in [0.5, 0.6) is 0 Å². The van der Waals surface area contributed by atoms with Gasteiger partial charge in [-0.25, -0.2) is 4.39 Å². The Labute approximate surface area is 224 Å². The number of pyridine rings is 1. The minimum atomic E-state index is -1.18. The second-order valence-electron chi connectivity index (χ2n) is 9.67. The first-order valence-electron chi connectivity index (χ1n) is 12.6. The minimum absolute atomic E-state index is 0.0716. The molecule has 2 aromatic carbocycles. The Balaban J connectivity index is 1.34. The van der Waals surface area contributed by atoms with E-state index in [2.05, 4.69) is 10.6 Å². The topological polar surface area (TPSA) is 104 Å². The van der Waals surface area contributed by atoms with E-state index < -0.39 is 35.7 Å². The second-order valence-corrected chi connectivity index (χ2v) is 10.1. The van der Waals surface area contributed by atoms with Crippen molar-refractivity contribution in [3.05, 3.63) is 88.1 Å². The van der Waals surface area contributed by atoms with Gasteiger partial charge in [-0.05, 0) is 61.7 Å². The maximum atomic E-state index is 15.0. The first-order valence-corrected chi connectivity index (χ1v) is 13.0. The number of amides is 2. The molecule has 1 aliphatic carbocycles. The number of hydrogen-bond donors (Lipinski definition) is 3. The van der Waals surface area contributed by atoms with Crippen molar-refractivity contribution in [3.63, 3.8) is 0 Å². The van der Waals surface area contributed by atoms with E-state index >= 15 is 0 Å². The van der Waals surface area contributed by atoms with E-state index in [1.165, 1.54) is 29.0 Å². The van der Waals surface area contributed by atoms with Crippen molar-refractivity contribution in [2.24, 2.45) is 17.8 Å². The van der Waals surface area contributed by atoms with Gasteiger partial charge in [0.2, 0.25) is 11.8 Å². The first kappa shape index (κ1) is 25.9. The minimum Gasteiger partial charge on any atom is -0.373 e. The molecule has 2 aliphatic rings. The van der Waals surface area contributed by atoms with Crippen molar-refractivity contribution in [2.75, 3.05) is 23.7 Å². The van der Waals surface area contributed by atoms with Gasteiger partial charge in [-0.15, -0.1) is 0 Å². The van der Waals surface area contributed by atoms with Crippen LogP contribution >= 0.6 is 11.6 Å². The molecular formula is C28H28ClFN4O4. The number of hydrogen-bond acceptors (Lipinski definition) is 5. The Morgan fingerprint density at radius 2 is 1.74 bits per heavy atom. The lowest BCUT2D eigenvalue weighted by Gasteiger charge is -2.27. The molecule has 2 heterocycles. The van der Waals surface area contributed by atoms with Gasteiger partial charge < -0.3 is 20.6 Å². The fourth-order valence-electron chi connectivity index (χ4n) is 5.13. The van der Waals surface area contributed by atoms with Gasteiger partial charge in [0.25, 0.3) is 5.56 Å². The van der Waals surface area contributed by atoms with Gasteiger partial charge in [-0.2, -0.15) is 0 Å². The third kappa shape index (κ3) is 5.44. The summed E-state index contributed by atoms with van der Waals surface area (Å²) in [5, 5.41) is 17.0. The molecule has 3 aromatic rings. The number of nitrogens with zero attached hydrogens (tertiary/aromatic N) is 2. The van der Waals surface area contributed by atoms with E-state index in [9.17, 15) is 23.9 Å². The average molecular weight is 539 g/mol. The van der Waals surface area contributed by atoms with E-state index in [1.807, 2.05) is 0 Å². The molecule has 1 saturated carbocycles. The van der Waals surface area contributed by atoms with Crippen LogP contribution in [-0.4, -0.2) is 45.7 Å². The summed E-state index contributed by atoms with van der Waals surface area (Å²) in [6.45, 7) is 1.23. The highest BCUT2D eigenvalue weighted by atomic mass is 35.5. The summed E-state index contributed by atoms with van der Waals surface area (Å²) in [6, 6.07) is 15.4. The van der Waals surface area contributed by atoms with Crippen molar-refractivity contribution in [3.8, 4) is 5.69 Å². The van der Waals surface area contributed by atoms with Crippen LogP contribution in [0.25, 0.3) is 5.69 Å². The fourth-order valence-corrected chi connectivity index (χ4v) is 5.26. The van der Waals surface area contributed by atoms with Crippen molar-refractivity contribution in [2.45, 2.75) is 25.5 Å². The van der Waals surface area contributed by atoms with E-state index in [0.29, 0.717) is 29.5 Å². The second kappa shape index (κ2) is 11.0. The number of aliphatic hydroxyl groups excluding tert-OH is 1. The van der Waals surface area contributed by atoms with Crippen LogP contribution in [0.4, 0.5) is 15.8 Å². The third-order valence-electron chi connectivity index (χ3n) is 7.17. The van der Waals surface area contributed by atoms with Crippen LogP contribution in [0.1, 0.15) is 19.3 Å². The Morgan fingerprint density at radius 1 is 1.00 bits per heavy atom. The van der Waals surface area contributed by atoms with Crippen LogP contribution in [0, 0.1) is 23.6 Å². The molecule has 198 valence electrons. The van der Waals surface area contributed by atoms with Crippen LogP contribution < -0.4 is 16.2 Å². The molecule has 4 atom stereocenters. The zero-order valence-corrected chi connectivity index (χ0v) is 21.3. The summed E-state index contributed by atoms with van der Waals surface area (Å²) in [5.74, 6) is -3.70. The van der Waals surface area contributed by atoms with E-state index in [1.54, 1.807) is 41.3 Å². The predicted octanol–water partition coefficient (Wildman–Crippen LogP) is 3.87. The quantitative estimate of drug-likeness (QED) is 0.396. The smallest absolute Gasteiger partial charge is 0.255 e. The number of nitrogens with one attached hydrogen (secondary N) is 2. The lowest BCUT2D eigenvalue weighted by atomic mass is 10.1. The van der Waals surface area contributed by atoms with Crippen molar-refractivity contribution in [1.82, 2.24) is 9.47 Å². The molecule has 2 fully saturated rings. The SMILES string of the molecule is O=C(Nc1ccc(-n2ccccc2=O)cc1F)[C@@H]1[C@@H](C(=O)N2CCCCC2)[C@@H]1C(O)Nc1ccc(Cl)cc1. The van der Waals surface area contributed by atoms with Gasteiger partial charge >= 0.3 is 0 Å². The van der Waals surface area contributed by atoms with Gasteiger partial charge in [0, 0.05) is 48.0 Å². The van der Waals surface area contributed by atoms with Crippen LogP contribution in [0.15, 0.2) is 71.7 Å². The summed E-state index contributed by atoms with van der Waals surface area (Å²) in [5.41, 5.74) is 0.523. The highest BCUT2D eigenvalue weighted by molar-refractivity contribution is 6.30. The summed E-state index contributed by atoms with van der Waals surface area (Å²) in [6.07, 6.45) is 3.19.